The molecule has 2 aromatic rings. The van der Waals surface area contributed by atoms with Gasteiger partial charge in [0.1, 0.15) is 0 Å². The minimum absolute atomic E-state index is 0.0251. The Morgan fingerprint density at radius 1 is 1.50 bits per heavy atom. The lowest BCUT2D eigenvalue weighted by molar-refractivity contribution is 0.446. The van der Waals surface area contributed by atoms with Crippen molar-refractivity contribution in [2.24, 2.45) is 5.92 Å². The average Bonchev–Trinajstić information content (AvgIpc) is 2.67. The van der Waals surface area contributed by atoms with Gasteiger partial charge in [0.25, 0.3) is 0 Å². The summed E-state index contributed by atoms with van der Waals surface area (Å²) in [6.45, 7) is 0.798. The van der Waals surface area contributed by atoms with Crippen LogP contribution in [-0.2, 0) is 6.54 Å². The summed E-state index contributed by atoms with van der Waals surface area (Å²) in [5, 5.41) is 0.674. The van der Waals surface area contributed by atoms with E-state index in [-0.39, 0.29) is 5.69 Å². The van der Waals surface area contributed by atoms with Crippen LogP contribution in [0.4, 0.5) is 0 Å². The number of hydrogen-bond acceptors (Lipinski definition) is 2. The van der Waals surface area contributed by atoms with Gasteiger partial charge in [-0.05, 0) is 48.5 Å². The van der Waals surface area contributed by atoms with Gasteiger partial charge in [-0.1, -0.05) is 11.6 Å². The number of aromatic nitrogens is 2. The molecule has 3 rings (SSSR count). The second kappa shape index (κ2) is 5.02. The van der Waals surface area contributed by atoms with Gasteiger partial charge in [0, 0.05) is 11.6 Å². The van der Waals surface area contributed by atoms with E-state index >= 15 is 0 Å². The van der Waals surface area contributed by atoms with Gasteiger partial charge >= 0.3 is 5.69 Å². The highest BCUT2D eigenvalue weighted by atomic mass is 35.5. The van der Waals surface area contributed by atoms with Crippen LogP contribution in [0.15, 0.2) is 23.0 Å². The van der Waals surface area contributed by atoms with E-state index in [1.54, 1.807) is 6.07 Å². The van der Waals surface area contributed by atoms with Gasteiger partial charge < -0.3 is 4.98 Å². The highest BCUT2D eigenvalue weighted by molar-refractivity contribution is 7.99. The minimum Gasteiger partial charge on any atom is -0.306 e. The van der Waals surface area contributed by atoms with Gasteiger partial charge in [-0.2, -0.15) is 11.8 Å². The Bertz CT molecular complexity index is 613. The maximum Gasteiger partial charge on any atom is 0.326 e. The number of H-pyrrole nitrogens is 1. The van der Waals surface area contributed by atoms with E-state index in [1.807, 2.05) is 28.5 Å². The van der Waals surface area contributed by atoms with Crippen LogP contribution < -0.4 is 5.69 Å². The first kappa shape index (κ1) is 12.2. The zero-order valence-electron chi connectivity index (χ0n) is 9.99. The summed E-state index contributed by atoms with van der Waals surface area (Å²) < 4.78 is 1.83. The summed E-state index contributed by atoms with van der Waals surface area (Å²) in [5.41, 5.74) is 1.76. The Hall–Kier alpha value is -0.870. The van der Waals surface area contributed by atoms with E-state index in [1.165, 1.54) is 18.6 Å². The maximum absolute atomic E-state index is 12.0. The van der Waals surface area contributed by atoms with E-state index in [9.17, 15) is 4.79 Å². The second-order valence-electron chi connectivity index (χ2n) is 4.79. The molecule has 1 N–H and O–H groups in total. The fourth-order valence-electron chi connectivity index (χ4n) is 2.52. The molecule has 1 saturated heterocycles. The summed E-state index contributed by atoms with van der Waals surface area (Å²) in [5.74, 6) is 3.00. The quantitative estimate of drug-likeness (QED) is 0.919. The van der Waals surface area contributed by atoms with Crippen molar-refractivity contribution in [2.75, 3.05) is 11.5 Å². The van der Waals surface area contributed by atoms with E-state index in [4.69, 9.17) is 11.6 Å². The Balaban J connectivity index is 1.97. The van der Waals surface area contributed by atoms with Crippen molar-refractivity contribution in [3.8, 4) is 0 Å². The third kappa shape index (κ3) is 2.31. The first-order valence-electron chi connectivity index (χ1n) is 6.20. The van der Waals surface area contributed by atoms with Crippen molar-refractivity contribution in [3.63, 3.8) is 0 Å². The van der Waals surface area contributed by atoms with Gasteiger partial charge in [0.05, 0.1) is 11.0 Å². The number of rotatable bonds is 2. The van der Waals surface area contributed by atoms with Crippen molar-refractivity contribution in [3.05, 3.63) is 33.7 Å². The number of halogens is 1. The van der Waals surface area contributed by atoms with Crippen LogP contribution in [0, 0.1) is 5.92 Å². The molecular formula is C13H15ClN2OS. The van der Waals surface area contributed by atoms with Crippen molar-refractivity contribution < 1.29 is 0 Å². The highest BCUT2D eigenvalue weighted by Gasteiger charge is 2.17. The number of fused-ring (bicyclic) bond motifs is 1. The SMILES string of the molecule is O=c1[nH]c2ccc(Cl)cc2n1CC1CCCSC1. The first-order chi connectivity index (χ1) is 8.74. The number of nitrogens with one attached hydrogen (secondary N) is 1. The Morgan fingerprint density at radius 3 is 3.17 bits per heavy atom. The van der Waals surface area contributed by atoms with E-state index in [2.05, 4.69) is 4.98 Å². The Kier molecular flexibility index (Phi) is 3.39. The predicted octanol–water partition coefficient (Wildman–Crippen LogP) is 3.13. The molecule has 18 heavy (non-hydrogen) atoms. The topological polar surface area (TPSA) is 37.8 Å². The largest absolute Gasteiger partial charge is 0.326 e. The molecule has 5 heteroatoms. The molecule has 0 bridgehead atoms. The lowest BCUT2D eigenvalue weighted by Crippen LogP contribution is -2.24. The van der Waals surface area contributed by atoms with Crippen LogP contribution in [-0.4, -0.2) is 21.1 Å². The molecule has 0 amide bonds. The second-order valence-corrected chi connectivity index (χ2v) is 6.37. The molecule has 96 valence electrons. The van der Waals surface area contributed by atoms with Gasteiger partial charge in [-0.25, -0.2) is 4.79 Å². The molecule has 1 atom stereocenters. The molecular weight excluding hydrogens is 268 g/mol. The number of benzene rings is 1. The van der Waals surface area contributed by atoms with Crippen molar-refractivity contribution in [1.29, 1.82) is 0 Å². The number of hydrogen-bond donors (Lipinski definition) is 1. The van der Waals surface area contributed by atoms with Crippen molar-refractivity contribution >= 4 is 34.4 Å². The van der Waals surface area contributed by atoms with Gasteiger partial charge in [0.2, 0.25) is 0 Å². The van der Waals surface area contributed by atoms with Gasteiger partial charge in [-0.15, -0.1) is 0 Å². The van der Waals surface area contributed by atoms with Gasteiger partial charge in [0.15, 0.2) is 0 Å². The zero-order chi connectivity index (χ0) is 12.5. The number of aromatic amines is 1. The molecule has 1 fully saturated rings. The third-order valence-corrected chi connectivity index (χ3v) is 4.95. The zero-order valence-corrected chi connectivity index (χ0v) is 11.6. The van der Waals surface area contributed by atoms with Crippen molar-refractivity contribution in [1.82, 2.24) is 9.55 Å². The average molecular weight is 283 g/mol. The number of imidazole rings is 1. The lowest BCUT2D eigenvalue weighted by Gasteiger charge is -2.21. The molecule has 0 spiro atoms. The summed E-state index contributed by atoms with van der Waals surface area (Å²) >= 11 is 8.00. The van der Waals surface area contributed by atoms with Crippen LogP contribution >= 0.6 is 23.4 Å². The molecule has 1 aliphatic heterocycles. The fourth-order valence-corrected chi connectivity index (χ4v) is 3.83. The first-order valence-corrected chi connectivity index (χ1v) is 7.73. The van der Waals surface area contributed by atoms with E-state index in [0.29, 0.717) is 10.9 Å². The van der Waals surface area contributed by atoms with Crippen LogP contribution in [0.25, 0.3) is 11.0 Å². The highest BCUT2D eigenvalue weighted by Crippen LogP contribution is 2.25. The lowest BCUT2D eigenvalue weighted by atomic mass is 10.1. The maximum atomic E-state index is 12.0. The summed E-state index contributed by atoms with van der Waals surface area (Å²) in [4.78, 5) is 14.9. The monoisotopic (exact) mass is 282 g/mol. The molecule has 3 nitrogen and oxygen atoms in total. The molecule has 0 aliphatic carbocycles. The standard InChI is InChI=1S/C13H15ClN2OS/c14-10-3-4-11-12(6-10)16(13(17)15-11)7-9-2-1-5-18-8-9/h3-4,6,9H,1-2,5,7-8H2,(H,15,17). The summed E-state index contributed by atoms with van der Waals surface area (Å²) in [6.07, 6.45) is 2.47. The van der Waals surface area contributed by atoms with Crippen LogP contribution in [0.2, 0.25) is 5.02 Å². The molecule has 2 heterocycles. The summed E-state index contributed by atoms with van der Waals surface area (Å²) in [7, 11) is 0. The predicted molar refractivity (Wildman–Crippen MR) is 77.6 cm³/mol. The van der Waals surface area contributed by atoms with Crippen LogP contribution in [0.1, 0.15) is 12.8 Å². The Morgan fingerprint density at radius 2 is 2.39 bits per heavy atom. The normalized spacial score (nSPS) is 20.4. The number of thioether (sulfide) groups is 1. The molecule has 0 radical (unpaired) electrons. The minimum atomic E-state index is -0.0251. The van der Waals surface area contributed by atoms with Crippen LogP contribution in [0.5, 0.6) is 0 Å². The van der Waals surface area contributed by atoms with E-state index in [0.717, 1.165) is 23.3 Å². The van der Waals surface area contributed by atoms with E-state index < -0.39 is 0 Å². The molecule has 1 aromatic carbocycles. The van der Waals surface area contributed by atoms with Gasteiger partial charge in [-0.3, -0.25) is 4.57 Å². The smallest absolute Gasteiger partial charge is 0.306 e. The van der Waals surface area contributed by atoms with Crippen molar-refractivity contribution in [2.45, 2.75) is 19.4 Å². The molecule has 1 unspecified atom stereocenters. The summed E-state index contributed by atoms with van der Waals surface area (Å²) in [6, 6.07) is 5.54. The number of nitrogens with zero attached hydrogens (tertiary/aromatic N) is 1. The third-order valence-electron chi connectivity index (χ3n) is 3.43. The molecule has 1 aromatic heterocycles. The molecule has 1 aliphatic rings. The Labute approximate surface area is 115 Å². The molecule has 0 saturated carbocycles. The fraction of sp³-hybridized carbons (Fsp3) is 0.462. The van der Waals surface area contributed by atoms with Crippen LogP contribution in [0.3, 0.4) is 0 Å².